The molecular formula is C18H34N2O. The lowest BCUT2D eigenvalue weighted by molar-refractivity contribution is -0.137. The summed E-state index contributed by atoms with van der Waals surface area (Å²) in [5.41, 5.74) is 5.69. The maximum Gasteiger partial charge on any atom is 0.225 e. The van der Waals surface area contributed by atoms with Gasteiger partial charge in [0.2, 0.25) is 5.91 Å². The van der Waals surface area contributed by atoms with Crippen molar-refractivity contribution in [3.63, 3.8) is 0 Å². The lowest BCUT2D eigenvalue weighted by Crippen LogP contribution is -2.39. The number of carbonyl (C=O) groups is 1. The third kappa shape index (κ3) is 4.70. The molecule has 1 heterocycles. The van der Waals surface area contributed by atoms with Gasteiger partial charge in [-0.1, -0.05) is 26.7 Å². The number of rotatable bonds is 4. The predicted molar refractivity (Wildman–Crippen MR) is 87.9 cm³/mol. The average Bonchev–Trinajstić information content (AvgIpc) is 2.73. The van der Waals surface area contributed by atoms with Crippen LogP contribution < -0.4 is 5.73 Å². The summed E-state index contributed by atoms with van der Waals surface area (Å²) in [6.07, 6.45) is 9.45. The summed E-state index contributed by atoms with van der Waals surface area (Å²) >= 11 is 0. The molecule has 1 saturated heterocycles. The highest BCUT2D eigenvalue weighted by Gasteiger charge is 2.31. The Morgan fingerprint density at radius 2 is 1.95 bits per heavy atom. The van der Waals surface area contributed by atoms with Crippen LogP contribution in [0.3, 0.4) is 0 Å². The van der Waals surface area contributed by atoms with Crippen LogP contribution in [0.15, 0.2) is 0 Å². The zero-order valence-electron chi connectivity index (χ0n) is 14.0. The molecule has 0 aromatic rings. The van der Waals surface area contributed by atoms with Crippen LogP contribution in [0.25, 0.3) is 0 Å². The summed E-state index contributed by atoms with van der Waals surface area (Å²) in [5.74, 6) is 2.97. The maximum absolute atomic E-state index is 12.8. The van der Waals surface area contributed by atoms with E-state index >= 15 is 0 Å². The fourth-order valence-corrected chi connectivity index (χ4v) is 4.28. The van der Waals surface area contributed by atoms with Gasteiger partial charge in [0.25, 0.3) is 0 Å². The lowest BCUT2D eigenvalue weighted by atomic mass is 9.79. The van der Waals surface area contributed by atoms with Crippen molar-refractivity contribution in [2.45, 2.75) is 65.2 Å². The summed E-state index contributed by atoms with van der Waals surface area (Å²) in [6.45, 7) is 7.38. The van der Waals surface area contributed by atoms with E-state index in [1.807, 2.05) is 0 Å². The number of nitrogens with two attached hydrogens (primary N) is 1. The van der Waals surface area contributed by atoms with Crippen molar-refractivity contribution in [2.75, 3.05) is 19.6 Å². The van der Waals surface area contributed by atoms with E-state index in [1.54, 1.807) is 0 Å². The van der Waals surface area contributed by atoms with Crippen molar-refractivity contribution in [2.24, 2.45) is 29.4 Å². The monoisotopic (exact) mass is 294 g/mol. The summed E-state index contributed by atoms with van der Waals surface area (Å²) in [5, 5.41) is 0. The molecule has 2 N–H and O–H groups in total. The summed E-state index contributed by atoms with van der Waals surface area (Å²) in [7, 11) is 0. The number of nitrogens with zero attached hydrogens (tertiary/aromatic N) is 1. The first-order chi connectivity index (χ1) is 10.1. The van der Waals surface area contributed by atoms with E-state index in [9.17, 15) is 4.79 Å². The smallest absolute Gasteiger partial charge is 0.225 e. The molecule has 1 aliphatic carbocycles. The van der Waals surface area contributed by atoms with Crippen LogP contribution >= 0.6 is 0 Å². The number of hydrogen-bond acceptors (Lipinski definition) is 2. The Labute approximate surface area is 130 Å². The minimum absolute atomic E-state index is 0.283. The molecular weight excluding hydrogens is 260 g/mol. The van der Waals surface area contributed by atoms with E-state index in [4.69, 9.17) is 5.73 Å². The van der Waals surface area contributed by atoms with Crippen molar-refractivity contribution in [1.82, 2.24) is 4.90 Å². The van der Waals surface area contributed by atoms with Gasteiger partial charge in [-0.25, -0.2) is 0 Å². The second-order valence-electron chi connectivity index (χ2n) is 7.57. The highest BCUT2D eigenvalue weighted by molar-refractivity contribution is 5.79. The molecule has 3 atom stereocenters. The minimum atomic E-state index is 0.283. The van der Waals surface area contributed by atoms with E-state index in [2.05, 4.69) is 18.7 Å². The average molecular weight is 294 g/mol. The first kappa shape index (κ1) is 16.8. The Morgan fingerprint density at radius 1 is 1.14 bits per heavy atom. The summed E-state index contributed by atoms with van der Waals surface area (Å²) in [4.78, 5) is 15.0. The van der Waals surface area contributed by atoms with Gasteiger partial charge >= 0.3 is 0 Å². The second-order valence-corrected chi connectivity index (χ2v) is 7.57. The molecule has 0 radical (unpaired) electrons. The van der Waals surface area contributed by atoms with Crippen LogP contribution in [-0.4, -0.2) is 30.4 Å². The van der Waals surface area contributed by atoms with Crippen molar-refractivity contribution in [1.29, 1.82) is 0 Å². The van der Waals surface area contributed by atoms with Gasteiger partial charge in [-0.15, -0.1) is 0 Å². The van der Waals surface area contributed by atoms with Gasteiger partial charge in [0, 0.05) is 19.0 Å². The topological polar surface area (TPSA) is 46.3 Å². The summed E-state index contributed by atoms with van der Waals surface area (Å²) in [6, 6.07) is 0. The molecule has 0 bridgehead atoms. The Morgan fingerprint density at radius 3 is 2.67 bits per heavy atom. The predicted octanol–water partition coefficient (Wildman–Crippen LogP) is 3.43. The van der Waals surface area contributed by atoms with Crippen LogP contribution in [0, 0.1) is 23.7 Å². The van der Waals surface area contributed by atoms with Gasteiger partial charge in [0.15, 0.2) is 0 Å². The van der Waals surface area contributed by atoms with Crippen molar-refractivity contribution in [3.8, 4) is 0 Å². The highest BCUT2D eigenvalue weighted by atomic mass is 16.2. The van der Waals surface area contributed by atoms with Crippen molar-refractivity contribution >= 4 is 5.91 Å². The number of carbonyl (C=O) groups excluding carboxylic acids is 1. The standard InChI is InChI=1S/C18H34N2O/c1-14(2)16-7-4-11-20(12-9-16)18(21)17-6-3-5-15(13-17)8-10-19/h14-17H,3-13,19H2,1-2H3. The van der Waals surface area contributed by atoms with Crippen LogP contribution in [0.5, 0.6) is 0 Å². The Balaban J connectivity index is 1.87. The van der Waals surface area contributed by atoms with E-state index in [0.717, 1.165) is 50.7 Å². The maximum atomic E-state index is 12.8. The second kappa shape index (κ2) is 8.17. The fraction of sp³-hybridized carbons (Fsp3) is 0.944. The van der Waals surface area contributed by atoms with Gasteiger partial charge in [-0.05, 0) is 62.8 Å². The molecule has 1 amide bonds. The Kier molecular flexibility index (Phi) is 6.53. The van der Waals surface area contributed by atoms with Crippen LogP contribution in [0.4, 0.5) is 0 Å². The first-order valence-electron chi connectivity index (χ1n) is 9.10. The molecule has 1 aliphatic heterocycles. The third-order valence-corrected chi connectivity index (χ3v) is 5.73. The van der Waals surface area contributed by atoms with Gasteiger partial charge in [0.05, 0.1) is 0 Å². The fourth-order valence-electron chi connectivity index (χ4n) is 4.28. The van der Waals surface area contributed by atoms with Gasteiger partial charge in [-0.3, -0.25) is 4.79 Å². The summed E-state index contributed by atoms with van der Waals surface area (Å²) < 4.78 is 0. The van der Waals surface area contributed by atoms with Gasteiger partial charge in [0.1, 0.15) is 0 Å². The number of amides is 1. The zero-order chi connectivity index (χ0) is 15.2. The molecule has 21 heavy (non-hydrogen) atoms. The number of likely N-dealkylation sites (tertiary alicyclic amines) is 1. The third-order valence-electron chi connectivity index (χ3n) is 5.73. The molecule has 0 aromatic carbocycles. The molecule has 3 heteroatoms. The Hall–Kier alpha value is -0.570. The minimum Gasteiger partial charge on any atom is -0.342 e. The van der Waals surface area contributed by atoms with Crippen LogP contribution in [0.1, 0.15) is 65.2 Å². The van der Waals surface area contributed by atoms with Crippen LogP contribution in [0.2, 0.25) is 0 Å². The molecule has 2 rings (SSSR count). The molecule has 2 aliphatic rings. The highest BCUT2D eigenvalue weighted by Crippen LogP contribution is 2.33. The van der Waals surface area contributed by atoms with E-state index in [1.165, 1.54) is 32.1 Å². The first-order valence-corrected chi connectivity index (χ1v) is 9.10. The molecule has 3 unspecified atom stereocenters. The number of hydrogen-bond donors (Lipinski definition) is 1. The normalized spacial score (nSPS) is 31.2. The largest absolute Gasteiger partial charge is 0.342 e. The van der Waals surface area contributed by atoms with Gasteiger partial charge < -0.3 is 10.6 Å². The van der Waals surface area contributed by atoms with Crippen LogP contribution in [-0.2, 0) is 4.79 Å². The molecule has 1 saturated carbocycles. The van der Waals surface area contributed by atoms with E-state index in [-0.39, 0.29) is 5.92 Å². The molecule has 3 nitrogen and oxygen atoms in total. The van der Waals surface area contributed by atoms with Crippen molar-refractivity contribution in [3.05, 3.63) is 0 Å². The Bertz CT molecular complexity index is 327. The zero-order valence-corrected chi connectivity index (χ0v) is 14.0. The molecule has 0 spiro atoms. The van der Waals surface area contributed by atoms with E-state index < -0.39 is 0 Å². The van der Waals surface area contributed by atoms with Crippen molar-refractivity contribution < 1.29 is 4.79 Å². The SMILES string of the molecule is CC(C)C1CCCN(C(=O)C2CCCC(CCN)C2)CC1. The lowest BCUT2D eigenvalue weighted by Gasteiger charge is -2.32. The quantitative estimate of drug-likeness (QED) is 0.863. The molecule has 122 valence electrons. The van der Waals surface area contributed by atoms with E-state index in [0.29, 0.717) is 11.8 Å². The molecule has 0 aromatic heterocycles. The van der Waals surface area contributed by atoms with Gasteiger partial charge in [-0.2, -0.15) is 0 Å². The molecule has 2 fully saturated rings.